The Morgan fingerprint density at radius 3 is 2.40 bits per heavy atom. The highest BCUT2D eigenvalue weighted by Gasteiger charge is 2.01. The molecule has 0 radical (unpaired) electrons. The van der Waals surface area contributed by atoms with Gasteiger partial charge in [-0.05, 0) is 42.4 Å². The van der Waals surface area contributed by atoms with Crippen LogP contribution in [0.1, 0.15) is 11.1 Å². The molecule has 4 heteroatoms. The van der Waals surface area contributed by atoms with Gasteiger partial charge in [0.1, 0.15) is 12.4 Å². The lowest BCUT2D eigenvalue weighted by Gasteiger charge is -2.17. The summed E-state index contributed by atoms with van der Waals surface area (Å²) in [5.74, 6) is 0.888. The SMILES string of the molecule is CN(CCOc1ccc(CN)cc1)Cc1ccncc1. The molecule has 106 valence electrons. The molecule has 0 fully saturated rings. The van der Waals surface area contributed by atoms with Gasteiger partial charge in [0.25, 0.3) is 0 Å². The van der Waals surface area contributed by atoms with Crippen molar-refractivity contribution in [1.82, 2.24) is 9.88 Å². The fourth-order valence-electron chi connectivity index (χ4n) is 1.92. The zero-order valence-electron chi connectivity index (χ0n) is 11.8. The Morgan fingerprint density at radius 1 is 1.05 bits per heavy atom. The van der Waals surface area contributed by atoms with Crippen molar-refractivity contribution in [2.75, 3.05) is 20.2 Å². The van der Waals surface area contributed by atoms with Gasteiger partial charge in [0.05, 0.1) is 0 Å². The van der Waals surface area contributed by atoms with Gasteiger partial charge >= 0.3 is 0 Å². The van der Waals surface area contributed by atoms with Crippen LogP contribution in [0, 0.1) is 0 Å². The van der Waals surface area contributed by atoms with Crippen molar-refractivity contribution in [1.29, 1.82) is 0 Å². The molecule has 0 bridgehead atoms. The zero-order valence-corrected chi connectivity index (χ0v) is 11.8. The van der Waals surface area contributed by atoms with Crippen LogP contribution in [0.3, 0.4) is 0 Å². The second-order valence-corrected chi connectivity index (χ2v) is 4.79. The van der Waals surface area contributed by atoms with Crippen molar-refractivity contribution in [2.24, 2.45) is 5.73 Å². The highest BCUT2D eigenvalue weighted by Crippen LogP contribution is 2.11. The minimum absolute atomic E-state index is 0.564. The van der Waals surface area contributed by atoms with Crippen molar-refractivity contribution in [2.45, 2.75) is 13.1 Å². The Morgan fingerprint density at radius 2 is 1.75 bits per heavy atom. The molecule has 0 amide bonds. The first-order chi connectivity index (χ1) is 9.78. The predicted molar refractivity (Wildman–Crippen MR) is 80.4 cm³/mol. The summed E-state index contributed by atoms with van der Waals surface area (Å²) in [6.45, 7) is 3.01. The maximum absolute atomic E-state index is 5.72. The summed E-state index contributed by atoms with van der Waals surface area (Å²) in [5.41, 5.74) is 7.94. The van der Waals surface area contributed by atoms with Crippen LogP contribution in [0.15, 0.2) is 48.8 Å². The summed E-state index contributed by atoms with van der Waals surface area (Å²) >= 11 is 0. The average Bonchev–Trinajstić information content (AvgIpc) is 2.49. The van der Waals surface area contributed by atoms with Crippen LogP contribution in [-0.4, -0.2) is 30.1 Å². The van der Waals surface area contributed by atoms with E-state index in [4.69, 9.17) is 10.5 Å². The first-order valence-corrected chi connectivity index (χ1v) is 6.77. The van der Waals surface area contributed by atoms with Crippen LogP contribution in [0.2, 0.25) is 0 Å². The average molecular weight is 271 g/mol. The van der Waals surface area contributed by atoms with Gasteiger partial charge in [-0.25, -0.2) is 0 Å². The summed E-state index contributed by atoms with van der Waals surface area (Å²) in [6.07, 6.45) is 3.64. The molecular formula is C16H21N3O. The fourth-order valence-corrected chi connectivity index (χ4v) is 1.92. The van der Waals surface area contributed by atoms with Gasteiger partial charge in [0.2, 0.25) is 0 Å². The smallest absolute Gasteiger partial charge is 0.119 e. The van der Waals surface area contributed by atoms with E-state index < -0.39 is 0 Å². The first-order valence-electron chi connectivity index (χ1n) is 6.77. The number of hydrogen-bond donors (Lipinski definition) is 1. The third-order valence-corrected chi connectivity index (χ3v) is 3.10. The van der Waals surface area contributed by atoms with E-state index in [0.717, 1.165) is 24.4 Å². The van der Waals surface area contributed by atoms with Crippen LogP contribution in [0.4, 0.5) is 0 Å². The van der Waals surface area contributed by atoms with Gasteiger partial charge in [0.15, 0.2) is 0 Å². The molecule has 0 spiro atoms. The van der Waals surface area contributed by atoms with E-state index in [2.05, 4.69) is 16.9 Å². The molecule has 0 aliphatic rings. The molecule has 1 aromatic heterocycles. The molecule has 0 saturated carbocycles. The molecule has 0 unspecified atom stereocenters. The molecule has 2 rings (SSSR count). The predicted octanol–water partition coefficient (Wildman–Crippen LogP) is 2.05. The van der Waals surface area contributed by atoms with Crippen molar-refractivity contribution < 1.29 is 4.74 Å². The van der Waals surface area contributed by atoms with Crippen LogP contribution in [0.5, 0.6) is 5.75 Å². The Hall–Kier alpha value is -1.91. The van der Waals surface area contributed by atoms with Gasteiger partial charge in [0, 0.05) is 32.0 Å². The molecule has 2 N–H and O–H groups in total. The van der Waals surface area contributed by atoms with Crippen LogP contribution in [-0.2, 0) is 13.1 Å². The number of likely N-dealkylation sites (N-methyl/N-ethyl adjacent to an activating group) is 1. The van der Waals surface area contributed by atoms with E-state index in [1.54, 1.807) is 0 Å². The highest BCUT2D eigenvalue weighted by molar-refractivity contribution is 5.27. The lowest BCUT2D eigenvalue weighted by Crippen LogP contribution is -2.23. The molecule has 4 nitrogen and oxygen atoms in total. The molecule has 0 aliphatic carbocycles. The Balaban J connectivity index is 1.72. The van der Waals surface area contributed by atoms with E-state index in [-0.39, 0.29) is 0 Å². The largest absolute Gasteiger partial charge is 0.492 e. The van der Waals surface area contributed by atoms with Gasteiger partial charge in [-0.2, -0.15) is 0 Å². The molecule has 0 aliphatic heterocycles. The number of hydrogen-bond acceptors (Lipinski definition) is 4. The molecular weight excluding hydrogens is 250 g/mol. The molecule has 20 heavy (non-hydrogen) atoms. The van der Waals surface area contributed by atoms with Crippen molar-refractivity contribution in [3.8, 4) is 5.75 Å². The Labute approximate surface area is 120 Å². The van der Waals surface area contributed by atoms with Gasteiger partial charge in [-0.3, -0.25) is 9.88 Å². The standard InChI is InChI=1S/C16H21N3O/c1-19(13-15-6-8-18-9-7-15)10-11-20-16-4-2-14(12-17)3-5-16/h2-9H,10-13,17H2,1H3. The van der Waals surface area contributed by atoms with Crippen LogP contribution in [0.25, 0.3) is 0 Å². The number of rotatable bonds is 7. The Bertz CT molecular complexity index is 499. The molecule has 1 aromatic carbocycles. The molecule has 2 aromatic rings. The lowest BCUT2D eigenvalue weighted by atomic mass is 10.2. The van der Waals surface area contributed by atoms with E-state index in [9.17, 15) is 0 Å². The normalized spacial score (nSPS) is 10.8. The van der Waals surface area contributed by atoms with Crippen molar-refractivity contribution in [3.05, 3.63) is 59.9 Å². The number of pyridine rings is 1. The quantitative estimate of drug-likeness (QED) is 0.837. The van der Waals surface area contributed by atoms with Gasteiger partial charge in [-0.1, -0.05) is 12.1 Å². The summed E-state index contributed by atoms with van der Waals surface area (Å²) in [7, 11) is 2.08. The maximum atomic E-state index is 5.72. The highest BCUT2D eigenvalue weighted by atomic mass is 16.5. The lowest BCUT2D eigenvalue weighted by molar-refractivity contribution is 0.233. The second-order valence-electron chi connectivity index (χ2n) is 4.79. The fraction of sp³-hybridized carbons (Fsp3) is 0.312. The monoisotopic (exact) mass is 271 g/mol. The summed E-state index contributed by atoms with van der Waals surface area (Å²) in [6, 6.07) is 12.0. The molecule has 1 heterocycles. The second kappa shape index (κ2) is 7.62. The van der Waals surface area contributed by atoms with Crippen LogP contribution >= 0.6 is 0 Å². The number of ether oxygens (including phenoxy) is 1. The van der Waals surface area contributed by atoms with E-state index in [1.807, 2.05) is 48.8 Å². The van der Waals surface area contributed by atoms with Gasteiger partial charge < -0.3 is 10.5 Å². The van der Waals surface area contributed by atoms with Crippen molar-refractivity contribution >= 4 is 0 Å². The minimum Gasteiger partial charge on any atom is -0.492 e. The van der Waals surface area contributed by atoms with Crippen molar-refractivity contribution in [3.63, 3.8) is 0 Å². The Kier molecular flexibility index (Phi) is 5.53. The zero-order chi connectivity index (χ0) is 14.2. The molecule has 0 atom stereocenters. The van der Waals surface area contributed by atoms with Crippen LogP contribution < -0.4 is 10.5 Å². The molecule has 0 saturated heterocycles. The number of benzene rings is 1. The first kappa shape index (κ1) is 14.5. The van der Waals surface area contributed by atoms with Gasteiger partial charge in [-0.15, -0.1) is 0 Å². The van der Waals surface area contributed by atoms with E-state index >= 15 is 0 Å². The number of aromatic nitrogens is 1. The third-order valence-electron chi connectivity index (χ3n) is 3.10. The van der Waals surface area contributed by atoms with E-state index in [1.165, 1.54) is 5.56 Å². The minimum atomic E-state index is 0.564. The number of nitrogens with zero attached hydrogens (tertiary/aromatic N) is 2. The summed E-state index contributed by atoms with van der Waals surface area (Å²) in [4.78, 5) is 6.24. The van der Waals surface area contributed by atoms with E-state index in [0.29, 0.717) is 13.2 Å². The summed E-state index contributed by atoms with van der Waals surface area (Å²) < 4.78 is 5.72. The maximum Gasteiger partial charge on any atom is 0.119 e. The third kappa shape index (κ3) is 4.64. The summed E-state index contributed by atoms with van der Waals surface area (Å²) in [5, 5.41) is 0. The number of nitrogens with two attached hydrogens (primary N) is 1. The topological polar surface area (TPSA) is 51.4 Å².